The molecule has 0 bridgehead atoms. The van der Waals surface area contributed by atoms with Crippen molar-refractivity contribution in [1.29, 1.82) is 5.26 Å². The Hall–Kier alpha value is -2.89. The predicted molar refractivity (Wildman–Crippen MR) is 105 cm³/mol. The number of hydrogen-bond donors (Lipinski definition) is 1. The van der Waals surface area contributed by atoms with Crippen molar-refractivity contribution < 1.29 is 19.4 Å². The number of carbonyl (C=O) groups is 1. The molecule has 0 amide bonds. The molecule has 1 aromatic heterocycles. The Morgan fingerprint density at radius 2 is 1.93 bits per heavy atom. The zero-order chi connectivity index (χ0) is 19.2. The van der Waals surface area contributed by atoms with E-state index in [2.05, 4.69) is 20.9 Å². The Morgan fingerprint density at radius 1 is 1.19 bits per heavy atom. The summed E-state index contributed by atoms with van der Waals surface area (Å²) < 4.78 is 12.1. The lowest BCUT2D eigenvalue weighted by atomic mass is 10.2. The Kier molecular flexibility index (Phi) is 6.06. The van der Waals surface area contributed by atoms with Crippen molar-refractivity contribution in [3.63, 3.8) is 0 Å². The number of nitrogens with zero attached hydrogens (tertiary/aromatic N) is 2. The van der Waals surface area contributed by atoms with Crippen molar-refractivity contribution in [1.82, 2.24) is 4.98 Å². The number of nitriles is 1. The predicted octanol–water partition coefficient (Wildman–Crippen LogP) is 4.47. The summed E-state index contributed by atoms with van der Waals surface area (Å²) in [7, 11) is 0. The highest BCUT2D eigenvalue weighted by atomic mass is 79.9. The number of para-hydroxylation sites is 1. The van der Waals surface area contributed by atoms with Gasteiger partial charge in [-0.1, -0.05) is 28.1 Å². The first kappa shape index (κ1) is 18.9. The third kappa shape index (κ3) is 4.84. The Labute approximate surface area is 167 Å². The van der Waals surface area contributed by atoms with E-state index in [-0.39, 0.29) is 17.9 Å². The highest BCUT2D eigenvalue weighted by molar-refractivity contribution is 9.10. The third-order valence-electron chi connectivity index (χ3n) is 3.45. The molecule has 2 aromatic carbocycles. The highest BCUT2D eigenvalue weighted by Crippen LogP contribution is 2.28. The maximum atomic E-state index is 11.8. The SMILES string of the molecule is N#C/C(=C(/O)COC(=O)COc1ccc(Br)cc1)c1nc2ccccc2s1. The van der Waals surface area contributed by atoms with Gasteiger partial charge >= 0.3 is 5.97 Å². The molecular formula is C19H13BrN2O4S. The fraction of sp³-hybridized carbons (Fsp3) is 0.105. The van der Waals surface area contributed by atoms with Crippen molar-refractivity contribution in [3.05, 3.63) is 63.8 Å². The lowest BCUT2D eigenvalue weighted by Gasteiger charge is -2.07. The lowest BCUT2D eigenvalue weighted by Crippen LogP contribution is -2.16. The van der Waals surface area contributed by atoms with E-state index in [0.29, 0.717) is 10.8 Å². The molecule has 3 rings (SSSR count). The monoisotopic (exact) mass is 444 g/mol. The van der Waals surface area contributed by atoms with Gasteiger partial charge in [-0.25, -0.2) is 9.78 Å². The number of aliphatic hydroxyl groups excluding tert-OH is 1. The molecule has 0 aliphatic heterocycles. The standard InChI is InChI=1S/C19H13BrN2O4S/c20-12-5-7-13(8-6-12)25-11-18(24)26-10-16(23)14(9-21)19-22-15-3-1-2-4-17(15)27-19/h1-8,23H,10-11H2/b16-14-. The lowest BCUT2D eigenvalue weighted by molar-refractivity contribution is -0.145. The fourth-order valence-corrected chi connectivity index (χ4v) is 3.40. The minimum atomic E-state index is -0.661. The first-order chi connectivity index (χ1) is 13.1. The molecule has 0 saturated carbocycles. The Balaban J connectivity index is 1.61. The Bertz CT molecular complexity index is 1000. The van der Waals surface area contributed by atoms with Crippen molar-refractivity contribution in [2.45, 2.75) is 0 Å². The van der Waals surface area contributed by atoms with Gasteiger partial charge in [-0.3, -0.25) is 0 Å². The van der Waals surface area contributed by atoms with Crippen molar-refractivity contribution in [2.75, 3.05) is 13.2 Å². The van der Waals surface area contributed by atoms with Gasteiger partial charge < -0.3 is 14.6 Å². The molecule has 0 spiro atoms. The van der Waals surface area contributed by atoms with Gasteiger partial charge in [0.15, 0.2) is 12.4 Å². The van der Waals surface area contributed by atoms with Gasteiger partial charge in [-0.05, 0) is 36.4 Å². The number of aromatic nitrogens is 1. The van der Waals surface area contributed by atoms with Crippen molar-refractivity contribution >= 4 is 49.0 Å². The summed E-state index contributed by atoms with van der Waals surface area (Å²) >= 11 is 4.59. The molecule has 0 aliphatic rings. The first-order valence-electron chi connectivity index (χ1n) is 7.79. The summed E-state index contributed by atoms with van der Waals surface area (Å²) in [5, 5.41) is 19.9. The number of carbonyl (C=O) groups excluding carboxylic acids is 1. The molecule has 136 valence electrons. The zero-order valence-corrected chi connectivity index (χ0v) is 16.3. The quantitative estimate of drug-likeness (QED) is 0.342. The third-order valence-corrected chi connectivity index (χ3v) is 5.03. The largest absolute Gasteiger partial charge is 0.507 e. The second kappa shape index (κ2) is 8.66. The van der Waals surface area contributed by atoms with Crippen LogP contribution in [0.25, 0.3) is 15.8 Å². The zero-order valence-electron chi connectivity index (χ0n) is 13.9. The van der Waals surface area contributed by atoms with Crippen LogP contribution in [0.4, 0.5) is 0 Å². The molecule has 0 unspecified atom stereocenters. The normalized spacial score (nSPS) is 11.6. The number of halogens is 1. The van der Waals surface area contributed by atoms with E-state index < -0.39 is 12.6 Å². The average molecular weight is 445 g/mol. The maximum Gasteiger partial charge on any atom is 0.344 e. The fourth-order valence-electron chi connectivity index (χ4n) is 2.15. The van der Waals surface area contributed by atoms with Crippen molar-refractivity contribution in [2.24, 2.45) is 0 Å². The number of benzene rings is 2. The van der Waals surface area contributed by atoms with Gasteiger partial charge in [0, 0.05) is 4.47 Å². The van der Waals surface area contributed by atoms with E-state index in [1.54, 1.807) is 24.3 Å². The van der Waals surface area contributed by atoms with Crippen LogP contribution in [-0.4, -0.2) is 29.3 Å². The van der Waals surface area contributed by atoms with E-state index in [1.165, 1.54) is 11.3 Å². The average Bonchev–Trinajstić information content (AvgIpc) is 3.10. The summed E-state index contributed by atoms with van der Waals surface area (Å²) in [4.78, 5) is 16.1. The summed E-state index contributed by atoms with van der Waals surface area (Å²) in [6.45, 7) is -0.737. The second-order valence-electron chi connectivity index (χ2n) is 5.32. The van der Waals surface area contributed by atoms with E-state index in [9.17, 15) is 15.2 Å². The van der Waals surface area contributed by atoms with Gasteiger partial charge in [0.05, 0.1) is 10.2 Å². The summed E-state index contributed by atoms with van der Waals surface area (Å²) in [5.74, 6) is -0.498. The molecule has 1 heterocycles. The summed E-state index contributed by atoms with van der Waals surface area (Å²) in [5.41, 5.74) is 0.718. The molecule has 0 atom stereocenters. The smallest absolute Gasteiger partial charge is 0.344 e. The summed E-state index contributed by atoms with van der Waals surface area (Å²) in [6.07, 6.45) is 0. The van der Waals surface area contributed by atoms with Crippen LogP contribution in [0.2, 0.25) is 0 Å². The van der Waals surface area contributed by atoms with Gasteiger partial charge in [0.2, 0.25) is 0 Å². The van der Waals surface area contributed by atoms with E-state index in [0.717, 1.165) is 14.7 Å². The molecule has 1 N–H and O–H groups in total. The van der Waals surface area contributed by atoms with Crippen LogP contribution in [0.15, 0.2) is 58.8 Å². The van der Waals surface area contributed by atoms with E-state index >= 15 is 0 Å². The van der Waals surface area contributed by atoms with Crippen LogP contribution >= 0.6 is 27.3 Å². The molecule has 0 fully saturated rings. The van der Waals surface area contributed by atoms with Gasteiger partial charge in [-0.15, -0.1) is 11.3 Å². The van der Waals surface area contributed by atoms with Gasteiger partial charge in [0.25, 0.3) is 0 Å². The maximum absolute atomic E-state index is 11.8. The minimum Gasteiger partial charge on any atom is -0.507 e. The number of fused-ring (bicyclic) bond motifs is 1. The molecule has 6 nitrogen and oxygen atoms in total. The van der Waals surface area contributed by atoms with Crippen molar-refractivity contribution in [3.8, 4) is 11.8 Å². The van der Waals surface area contributed by atoms with Gasteiger partial charge in [0.1, 0.15) is 29.0 Å². The number of hydrogen-bond acceptors (Lipinski definition) is 7. The number of allylic oxidation sites excluding steroid dienone is 1. The number of aliphatic hydroxyl groups is 1. The highest BCUT2D eigenvalue weighted by Gasteiger charge is 2.15. The molecule has 8 heteroatoms. The van der Waals surface area contributed by atoms with E-state index in [4.69, 9.17) is 9.47 Å². The van der Waals surface area contributed by atoms with Crippen LogP contribution in [0.5, 0.6) is 5.75 Å². The van der Waals surface area contributed by atoms with Crippen LogP contribution in [0.1, 0.15) is 5.01 Å². The molecule has 27 heavy (non-hydrogen) atoms. The molecule has 0 aliphatic carbocycles. The number of rotatable bonds is 6. The second-order valence-corrected chi connectivity index (χ2v) is 7.27. The molecule has 0 radical (unpaired) electrons. The Morgan fingerprint density at radius 3 is 2.63 bits per heavy atom. The number of thiazole rings is 1. The van der Waals surface area contributed by atoms with E-state index in [1.807, 2.05) is 30.3 Å². The van der Waals surface area contributed by atoms with Crippen LogP contribution in [0, 0.1) is 11.3 Å². The molecular weight excluding hydrogens is 432 g/mol. The summed E-state index contributed by atoms with van der Waals surface area (Å²) in [6, 6.07) is 16.3. The topological polar surface area (TPSA) is 92.4 Å². The van der Waals surface area contributed by atoms with Crippen LogP contribution in [-0.2, 0) is 9.53 Å². The first-order valence-corrected chi connectivity index (χ1v) is 9.40. The molecule has 3 aromatic rings. The number of esters is 1. The van der Waals surface area contributed by atoms with Crippen LogP contribution in [0.3, 0.4) is 0 Å². The van der Waals surface area contributed by atoms with Crippen LogP contribution < -0.4 is 4.74 Å². The van der Waals surface area contributed by atoms with Gasteiger partial charge in [-0.2, -0.15) is 5.26 Å². The molecule has 0 saturated heterocycles. The minimum absolute atomic E-state index is 0.0159. The number of ether oxygens (including phenoxy) is 2.